The number of nitrogens with one attached hydrogen (secondary N) is 2. The monoisotopic (exact) mass is 307 g/mol. The minimum atomic E-state index is -0.375. The number of hydrogen-bond donors (Lipinski definition) is 2. The van der Waals surface area contributed by atoms with E-state index in [4.69, 9.17) is 0 Å². The van der Waals surface area contributed by atoms with E-state index in [0.717, 1.165) is 44.8 Å². The molecule has 7 heteroatoms. The lowest BCUT2D eigenvalue weighted by atomic mass is 10.1. The van der Waals surface area contributed by atoms with Gasteiger partial charge in [-0.25, -0.2) is 4.98 Å². The highest BCUT2D eigenvalue weighted by molar-refractivity contribution is 5.60. The molecule has 0 aliphatic carbocycles. The van der Waals surface area contributed by atoms with Crippen LogP contribution in [-0.4, -0.2) is 42.6 Å². The smallest absolute Gasteiger partial charge is 0.311 e. The van der Waals surface area contributed by atoms with Crippen molar-refractivity contribution >= 4 is 17.3 Å². The van der Waals surface area contributed by atoms with Crippen molar-refractivity contribution in [2.45, 2.75) is 26.7 Å². The van der Waals surface area contributed by atoms with Crippen LogP contribution in [0.1, 0.15) is 26.7 Å². The summed E-state index contributed by atoms with van der Waals surface area (Å²) in [6, 6.07) is 3.29. The normalized spacial score (nSPS) is 16.4. The van der Waals surface area contributed by atoms with Gasteiger partial charge in [0.05, 0.1) is 4.92 Å². The molecule has 1 aromatic heterocycles. The first-order valence-corrected chi connectivity index (χ1v) is 7.96. The first-order chi connectivity index (χ1) is 10.6. The Kier molecular flexibility index (Phi) is 5.94. The van der Waals surface area contributed by atoms with Crippen molar-refractivity contribution in [3.8, 4) is 0 Å². The van der Waals surface area contributed by atoms with Gasteiger partial charge < -0.3 is 15.5 Å². The number of piperazine rings is 1. The number of pyridine rings is 1. The maximum absolute atomic E-state index is 11.2. The molecule has 1 aromatic rings. The van der Waals surface area contributed by atoms with Crippen LogP contribution in [0.3, 0.4) is 0 Å². The predicted octanol–water partition coefficient (Wildman–Crippen LogP) is 2.25. The van der Waals surface area contributed by atoms with E-state index in [9.17, 15) is 10.1 Å². The fourth-order valence-electron chi connectivity index (χ4n) is 2.43. The third-order valence-corrected chi connectivity index (χ3v) is 4.12. The molecular weight excluding hydrogens is 282 g/mol. The molecule has 0 radical (unpaired) electrons. The molecule has 122 valence electrons. The Bertz CT molecular complexity index is 503. The summed E-state index contributed by atoms with van der Waals surface area (Å²) in [7, 11) is 0. The zero-order valence-electron chi connectivity index (χ0n) is 13.3. The topological polar surface area (TPSA) is 83.3 Å². The minimum absolute atomic E-state index is 0.0445. The molecule has 0 aromatic carbocycles. The summed E-state index contributed by atoms with van der Waals surface area (Å²) in [4.78, 5) is 17.4. The molecule has 7 nitrogen and oxygen atoms in total. The van der Waals surface area contributed by atoms with E-state index in [2.05, 4.69) is 34.4 Å². The Balaban J connectivity index is 2.11. The maximum atomic E-state index is 11.2. The van der Waals surface area contributed by atoms with Crippen LogP contribution >= 0.6 is 0 Å². The average molecular weight is 307 g/mol. The second-order valence-electron chi connectivity index (χ2n) is 5.76. The highest BCUT2D eigenvalue weighted by Crippen LogP contribution is 2.26. The lowest BCUT2D eigenvalue weighted by Crippen LogP contribution is -2.43. The summed E-state index contributed by atoms with van der Waals surface area (Å²) < 4.78 is 0. The van der Waals surface area contributed by atoms with E-state index in [1.54, 1.807) is 12.1 Å². The van der Waals surface area contributed by atoms with E-state index < -0.39 is 0 Å². The van der Waals surface area contributed by atoms with Gasteiger partial charge in [-0.2, -0.15) is 0 Å². The predicted molar refractivity (Wildman–Crippen MR) is 88.5 cm³/mol. The summed E-state index contributed by atoms with van der Waals surface area (Å²) in [5.41, 5.74) is 0.0445. The van der Waals surface area contributed by atoms with Crippen molar-refractivity contribution in [3.05, 3.63) is 22.2 Å². The van der Waals surface area contributed by atoms with Crippen LogP contribution in [0.5, 0.6) is 0 Å². The fraction of sp³-hybridized carbons (Fsp3) is 0.667. The van der Waals surface area contributed by atoms with Crippen LogP contribution in [0, 0.1) is 16.0 Å². The van der Waals surface area contributed by atoms with Crippen molar-refractivity contribution < 1.29 is 4.92 Å². The van der Waals surface area contributed by atoms with Gasteiger partial charge in [0.15, 0.2) is 0 Å². The van der Waals surface area contributed by atoms with Crippen LogP contribution < -0.4 is 15.5 Å². The first-order valence-electron chi connectivity index (χ1n) is 7.96. The summed E-state index contributed by atoms with van der Waals surface area (Å²) in [5, 5.41) is 17.6. The van der Waals surface area contributed by atoms with Gasteiger partial charge in [0.1, 0.15) is 5.82 Å². The standard InChI is InChI=1S/C15H25N5O2/c1-3-12(2)6-7-17-15-13(20(21)22)4-5-14(18-15)19-10-8-16-9-11-19/h4-5,12,16H,3,6-11H2,1-2H3,(H,17,18). The maximum Gasteiger partial charge on any atom is 0.311 e. The highest BCUT2D eigenvalue weighted by atomic mass is 16.6. The number of rotatable bonds is 7. The van der Waals surface area contributed by atoms with Gasteiger partial charge in [-0.3, -0.25) is 10.1 Å². The summed E-state index contributed by atoms with van der Waals surface area (Å²) in [5.74, 6) is 1.78. The van der Waals surface area contributed by atoms with Crippen LogP contribution in [0.2, 0.25) is 0 Å². The minimum Gasteiger partial charge on any atom is -0.364 e. The Morgan fingerprint density at radius 2 is 2.18 bits per heavy atom. The molecule has 1 aliphatic rings. The summed E-state index contributed by atoms with van der Waals surface area (Å²) in [6.07, 6.45) is 2.09. The largest absolute Gasteiger partial charge is 0.364 e. The third kappa shape index (κ3) is 4.30. The van der Waals surface area contributed by atoms with Crippen LogP contribution in [0.15, 0.2) is 12.1 Å². The van der Waals surface area contributed by atoms with Crippen molar-refractivity contribution in [1.82, 2.24) is 10.3 Å². The van der Waals surface area contributed by atoms with Crippen molar-refractivity contribution in [2.75, 3.05) is 42.9 Å². The molecule has 0 bridgehead atoms. The van der Waals surface area contributed by atoms with Gasteiger partial charge >= 0.3 is 5.69 Å². The van der Waals surface area contributed by atoms with Crippen LogP contribution in [-0.2, 0) is 0 Å². The third-order valence-electron chi connectivity index (χ3n) is 4.12. The van der Waals surface area contributed by atoms with Gasteiger partial charge in [-0.15, -0.1) is 0 Å². The molecule has 1 aliphatic heterocycles. The van der Waals surface area contributed by atoms with Gasteiger partial charge in [-0.05, 0) is 18.4 Å². The van der Waals surface area contributed by atoms with Crippen molar-refractivity contribution in [2.24, 2.45) is 5.92 Å². The molecule has 2 N–H and O–H groups in total. The molecule has 0 saturated carbocycles. The van der Waals surface area contributed by atoms with Gasteiger partial charge in [0.25, 0.3) is 0 Å². The molecule has 2 rings (SSSR count). The molecule has 0 spiro atoms. The highest BCUT2D eigenvalue weighted by Gasteiger charge is 2.19. The Morgan fingerprint density at radius 1 is 1.45 bits per heavy atom. The lowest BCUT2D eigenvalue weighted by molar-refractivity contribution is -0.384. The summed E-state index contributed by atoms with van der Waals surface area (Å²) >= 11 is 0. The average Bonchev–Trinajstić information content (AvgIpc) is 2.55. The molecular formula is C15H25N5O2. The van der Waals surface area contributed by atoms with Crippen molar-refractivity contribution in [1.29, 1.82) is 0 Å². The van der Waals surface area contributed by atoms with E-state index in [1.165, 1.54) is 0 Å². The molecule has 1 unspecified atom stereocenters. The Labute approximate surface area is 131 Å². The molecule has 1 atom stereocenters. The van der Waals surface area contributed by atoms with Gasteiger partial charge in [0.2, 0.25) is 5.82 Å². The molecule has 22 heavy (non-hydrogen) atoms. The lowest BCUT2D eigenvalue weighted by Gasteiger charge is -2.28. The number of nitro groups is 1. The second kappa shape index (κ2) is 7.93. The first kappa shape index (κ1) is 16.5. The Morgan fingerprint density at radius 3 is 2.82 bits per heavy atom. The quantitative estimate of drug-likeness (QED) is 0.594. The van der Waals surface area contributed by atoms with E-state index in [-0.39, 0.29) is 10.6 Å². The number of aromatic nitrogens is 1. The molecule has 1 saturated heterocycles. The van der Waals surface area contributed by atoms with Gasteiger partial charge in [-0.1, -0.05) is 20.3 Å². The Hall–Kier alpha value is -1.89. The zero-order valence-corrected chi connectivity index (χ0v) is 13.3. The van der Waals surface area contributed by atoms with Crippen LogP contribution in [0.25, 0.3) is 0 Å². The molecule has 0 amide bonds. The second-order valence-corrected chi connectivity index (χ2v) is 5.76. The SMILES string of the molecule is CCC(C)CCNc1nc(N2CCNCC2)ccc1[N+](=O)[O-]. The number of nitrogens with zero attached hydrogens (tertiary/aromatic N) is 3. The number of hydrogen-bond acceptors (Lipinski definition) is 6. The van der Waals surface area contributed by atoms with Gasteiger partial charge in [0, 0.05) is 38.8 Å². The van der Waals surface area contributed by atoms with E-state index in [1.807, 2.05) is 0 Å². The van der Waals surface area contributed by atoms with Crippen molar-refractivity contribution in [3.63, 3.8) is 0 Å². The number of anilines is 2. The van der Waals surface area contributed by atoms with Crippen LogP contribution in [0.4, 0.5) is 17.3 Å². The molecule has 1 fully saturated rings. The zero-order chi connectivity index (χ0) is 15.9. The molecule has 2 heterocycles. The summed E-state index contributed by atoms with van der Waals surface area (Å²) in [6.45, 7) is 8.60. The van der Waals surface area contributed by atoms with E-state index in [0.29, 0.717) is 18.3 Å². The fourth-order valence-corrected chi connectivity index (χ4v) is 2.43. The van der Waals surface area contributed by atoms with E-state index >= 15 is 0 Å².